The lowest BCUT2D eigenvalue weighted by molar-refractivity contribution is -0.148. The first kappa shape index (κ1) is 18.5. The normalized spacial score (nSPS) is 13.5. The van der Waals surface area contributed by atoms with Gasteiger partial charge >= 0.3 is 5.97 Å². The molecule has 0 radical (unpaired) electrons. The van der Waals surface area contributed by atoms with Crippen molar-refractivity contribution in [2.24, 2.45) is 0 Å². The average molecular weight is 390 g/mol. The van der Waals surface area contributed by atoms with E-state index in [4.69, 9.17) is 27.9 Å². The number of benzene rings is 2. The molecule has 0 fully saturated rings. The number of hydrogen-bond acceptors (Lipinski definition) is 3. The van der Waals surface area contributed by atoms with Gasteiger partial charge in [-0.1, -0.05) is 53.5 Å². The van der Waals surface area contributed by atoms with E-state index in [1.165, 1.54) is 17.7 Å². The SMILES string of the molecule is O=C(/C=C/c1c(Cl)cccc1Cl)OCC(=O)N1CCc2ccccc2C1. The second-order valence-electron chi connectivity index (χ2n) is 5.91. The highest BCUT2D eigenvalue weighted by Gasteiger charge is 2.21. The predicted molar refractivity (Wildman–Crippen MR) is 102 cm³/mol. The minimum Gasteiger partial charge on any atom is -0.452 e. The Bertz CT molecular complexity index is 844. The van der Waals surface area contributed by atoms with Crippen LogP contribution >= 0.6 is 23.2 Å². The first-order valence-electron chi connectivity index (χ1n) is 8.18. The zero-order valence-electron chi connectivity index (χ0n) is 14.0. The van der Waals surface area contributed by atoms with E-state index in [-0.39, 0.29) is 12.5 Å². The van der Waals surface area contributed by atoms with E-state index in [0.717, 1.165) is 12.0 Å². The Balaban J connectivity index is 1.53. The molecule has 4 nitrogen and oxygen atoms in total. The molecule has 0 atom stereocenters. The lowest BCUT2D eigenvalue weighted by Gasteiger charge is -2.28. The molecule has 0 unspecified atom stereocenters. The zero-order chi connectivity index (χ0) is 18.5. The number of hydrogen-bond donors (Lipinski definition) is 0. The van der Waals surface area contributed by atoms with Crippen LogP contribution in [0, 0.1) is 0 Å². The van der Waals surface area contributed by atoms with Gasteiger partial charge in [-0.2, -0.15) is 0 Å². The Kier molecular flexibility index (Phi) is 5.96. The number of amides is 1. The summed E-state index contributed by atoms with van der Waals surface area (Å²) in [4.78, 5) is 25.8. The van der Waals surface area contributed by atoms with Crippen molar-refractivity contribution in [1.29, 1.82) is 0 Å². The first-order valence-corrected chi connectivity index (χ1v) is 8.93. The summed E-state index contributed by atoms with van der Waals surface area (Å²) in [6.07, 6.45) is 3.50. The minimum absolute atomic E-state index is 0.211. The summed E-state index contributed by atoms with van der Waals surface area (Å²) in [7, 11) is 0. The lowest BCUT2D eigenvalue weighted by atomic mass is 10.00. The summed E-state index contributed by atoms with van der Waals surface area (Å²) in [5.74, 6) is -0.830. The van der Waals surface area contributed by atoms with E-state index < -0.39 is 5.97 Å². The number of carbonyl (C=O) groups is 2. The summed E-state index contributed by atoms with van der Waals surface area (Å²) in [5.41, 5.74) is 2.92. The molecule has 0 bridgehead atoms. The van der Waals surface area contributed by atoms with Crippen molar-refractivity contribution in [2.45, 2.75) is 13.0 Å². The van der Waals surface area contributed by atoms with Crippen molar-refractivity contribution in [3.05, 3.63) is 75.3 Å². The molecule has 1 aliphatic rings. The molecule has 0 saturated heterocycles. The first-order chi connectivity index (χ1) is 12.5. The number of nitrogens with zero attached hydrogens (tertiary/aromatic N) is 1. The molecule has 0 spiro atoms. The van der Waals surface area contributed by atoms with E-state index >= 15 is 0 Å². The van der Waals surface area contributed by atoms with Gasteiger partial charge in [0.1, 0.15) is 0 Å². The average Bonchev–Trinajstić information content (AvgIpc) is 2.65. The minimum atomic E-state index is -0.619. The van der Waals surface area contributed by atoms with Crippen LogP contribution in [-0.4, -0.2) is 29.9 Å². The fourth-order valence-electron chi connectivity index (χ4n) is 2.80. The summed E-state index contributed by atoms with van der Waals surface area (Å²) >= 11 is 12.1. The van der Waals surface area contributed by atoms with Gasteiger partial charge in [-0.15, -0.1) is 0 Å². The number of rotatable bonds is 4. The van der Waals surface area contributed by atoms with Crippen LogP contribution in [0.5, 0.6) is 0 Å². The van der Waals surface area contributed by atoms with E-state index in [0.29, 0.717) is 28.7 Å². The topological polar surface area (TPSA) is 46.6 Å². The highest BCUT2D eigenvalue weighted by Crippen LogP contribution is 2.25. The lowest BCUT2D eigenvalue weighted by Crippen LogP contribution is -2.38. The maximum atomic E-state index is 12.3. The van der Waals surface area contributed by atoms with E-state index in [1.807, 2.05) is 18.2 Å². The van der Waals surface area contributed by atoms with Crippen LogP contribution < -0.4 is 0 Å². The van der Waals surface area contributed by atoms with Gasteiger partial charge in [0.15, 0.2) is 6.61 Å². The van der Waals surface area contributed by atoms with Gasteiger partial charge < -0.3 is 9.64 Å². The largest absolute Gasteiger partial charge is 0.452 e. The van der Waals surface area contributed by atoms with Crippen molar-refractivity contribution in [2.75, 3.05) is 13.2 Å². The molecule has 2 aromatic rings. The number of ether oxygens (including phenoxy) is 1. The molecule has 1 aliphatic heterocycles. The standard InChI is InChI=1S/C20H17Cl2NO3/c21-17-6-3-7-18(22)16(17)8-9-20(25)26-13-19(24)23-11-10-14-4-1-2-5-15(14)12-23/h1-9H,10-13H2/b9-8+. The van der Waals surface area contributed by atoms with Gasteiger partial charge in [0.2, 0.25) is 0 Å². The van der Waals surface area contributed by atoms with Gasteiger partial charge in [0, 0.05) is 34.8 Å². The number of esters is 1. The van der Waals surface area contributed by atoms with Gasteiger partial charge in [0.05, 0.1) is 0 Å². The maximum Gasteiger partial charge on any atom is 0.331 e. The Morgan fingerprint density at radius 3 is 2.46 bits per heavy atom. The van der Waals surface area contributed by atoms with Gasteiger partial charge in [0.25, 0.3) is 5.91 Å². The zero-order valence-corrected chi connectivity index (χ0v) is 15.5. The third-order valence-corrected chi connectivity index (χ3v) is 4.87. The number of fused-ring (bicyclic) bond motifs is 1. The highest BCUT2D eigenvalue weighted by molar-refractivity contribution is 6.37. The Morgan fingerprint density at radius 1 is 1.04 bits per heavy atom. The molecule has 1 amide bonds. The maximum absolute atomic E-state index is 12.3. The summed E-state index contributed by atoms with van der Waals surface area (Å²) in [6, 6.07) is 13.1. The van der Waals surface area contributed by atoms with E-state index in [1.54, 1.807) is 23.1 Å². The molecule has 0 aromatic heterocycles. The van der Waals surface area contributed by atoms with Gasteiger partial charge in [-0.25, -0.2) is 4.79 Å². The summed E-state index contributed by atoms with van der Waals surface area (Å²) < 4.78 is 5.04. The molecule has 1 heterocycles. The molecule has 3 rings (SSSR count). The fraction of sp³-hybridized carbons (Fsp3) is 0.200. The monoisotopic (exact) mass is 389 g/mol. The predicted octanol–water partition coefficient (Wildman–Crippen LogP) is 4.13. The molecular weight excluding hydrogens is 373 g/mol. The molecule has 0 saturated carbocycles. The van der Waals surface area contributed by atoms with Crippen molar-refractivity contribution in [3.8, 4) is 0 Å². The molecule has 0 aliphatic carbocycles. The van der Waals surface area contributed by atoms with Crippen molar-refractivity contribution < 1.29 is 14.3 Å². The molecular formula is C20H17Cl2NO3. The highest BCUT2D eigenvalue weighted by atomic mass is 35.5. The molecule has 6 heteroatoms. The smallest absolute Gasteiger partial charge is 0.331 e. The van der Waals surface area contributed by atoms with Crippen LogP contribution in [0.15, 0.2) is 48.5 Å². The second kappa shape index (κ2) is 8.39. The van der Waals surface area contributed by atoms with Gasteiger partial charge in [-0.3, -0.25) is 4.79 Å². The van der Waals surface area contributed by atoms with Crippen LogP contribution in [-0.2, 0) is 27.3 Å². The third kappa shape index (κ3) is 4.45. The summed E-state index contributed by atoms with van der Waals surface area (Å²) in [5, 5.41) is 0.870. The van der Waals surface area contributed by atoms with Crippen LogP contribution in [0.1, 0.15) is 16.7 Å². The number of halogens is 2. The van der Waals surface area contributed by atoms with Crippen LogP contribution in [0.2, 0.25) is 10.0 Å². The van der Waals surface area contributed by atoms with E-state index in [2.05, 4.69) is 6.07 Å². The Labute approximate surface area is 162 Å². The molecule has 0 N–H and O–H groups in total. The van der Waals surface area contributed by atoms with Crippen LogP contribution in [0.25, 0.3) is 6.08 Å². The van der Waals surface area contributed by atoms with Crippen LogP contribution in [0.3, 0.4) is 0 Å². The molecule has 134 valence electrons. The quantitative estimate of drug-likeness (QED) is 0.583. The fourth-order valence-corrected chi connectivity index (χ4v) is 3.33. The van der Waals surface area contributed by atoms with E-state index in [9.17, 15) is 9.59 Å². The second-order valence-corrected chi connectivity index (χ2v) is 6.72. The third-order valence-electron chi connectivity index (χ3n) is 4.21. The van der Waals surface area contributed by atoms with Crippen LogP contribution in [0.4, 0.5) is 0 Å². The van der Waals surface area contributed by atoms with Gasteiger partial charge in [-0.05, 0) is 35.8 Å². The van der Waals surface area contributed by atoms with Crippen molar-refractivity contribution in [3.63, 3.8) is 0 Å². The van der Waals surface area contributed by atoms with Crippen molar-refractivity contribution in [1.82, 2.24) is 4.90 Å². The Morgan fingerprint density at radius 2 is 1.73 bits per heavy atom. The molecule has 26 heavy (non-hydrogen) atoms. The summed E-state index contributed by atoms with van der Waals surface area (Å²) in [6.45, 7) is 0.873. The molecule has 2 aromatic carbocycles. The van der Waals surface area contributed by atoms with Crippen molar-refractivity contribution >= 4 is 41.2 Å². The number of carbonyl (C=O) groups excluding carboxylic acids is 2. The Hall–Kier alpha value is -2.30.